The number of rotatable bonds is 7. The van der Waals surface area contributed by atoms with Crippen molar-refractivity contribution in [3.63, 3.8) is 0 Å². The Balaban J connectivity index is 1.50. The van der Waals surface area contributed by atoms with Gasteiger partial charge in [0.25, 0.3) is 5.91 Å². The third kappa shape index (κ3) is 4.09. The number of carbonyl (C=O) groups excluding carboxylic acids is 2. The summed E-state index contributed by atoms with van der Waals surface area (Å²) in [6, 6.07) is 19.2. The van der Waals surface area contributed by atoms with Gasteiger partial charge in [-0.05, 0) is 25.0 Å². The summed E-state index contributed by atoms with van der Waals surface area (Å²) in [5.41, 5.74) is 1.69. The first-order chi connectivity index (χ1) is 13.7. The maximum Gasteiger partial charge on any atom is 0.291 e. The van der Waals surface area contributed by atoms with E-state index in [9.17, 15) is 9.59 Å². The Kier molecular flexibility index (Phi) is 5.14. The minimum absolute atomic E-state index is 0.0621. The summed E-state index contributed by atoms with van der Waals surface area (Å²) >= 11 is 0. The van der Waals surface area contributed by atoms with Crippen LogP contribution in [-0.4, -0.2) is 39.7 Å². The van der Waals surface area contributed by atoms with Gasteiger partial charge < -0.3 is 10.6 Å². The first kappa shape index (κ1) is 17.9. The number of nitrogens with zero attached hydrogens (tertiary/aromatic N) is 3. The van der Waals surface area contributed by atoms with Crippen molar-refractivity contribution >= 4 is 11.8 Å². The van der Waals surface area contributed by atoms with E-state index < -0.39 is 0 Å². The Morgan fingerprint density at radius 1 is 0.929 bits per heavy atom. The molecule has 0 saturated heterocycles. The van der Waals surface area contributed by atoms with Crippen molar-refractivity contribution in [1.82, 2.24) is 25.4 Å². The van der Waals surface area contributed by atoms with Gasteiger partial charge in [-0.2, -0.15) is 0 Å². The van der Waals surface area contributed by atoms with E-state index in [2.05, 4.69) is 20.7 Å². The molecule has 142 valence electrons. The number of nitrogens with one attached hydrogen (secondary N) is 2. The summed E-state index contributed by atoms with van der Waals surface area (Å²) in [6.07, 6.45) is 1.92. The molecule has 2 aromatic carbocycles. The molecule has 1 saturated carbocycles. The molecule has 0 unspecified atom stereocenters. The summed E-state index contributed by atoms with van der Waals surface area (Å²) in [7, 11) is 0. The lowest BCUT2D eigenvalue weighted by Gasteiger charge is -2.05. The van der Waals surface area contributed by atoms with E-state index in [1.54, 1.807) is 4.68 Å². The van der Waals surface area contributed by atoms with E-state index in [0.29, 0.717) is 18.9 Å². The van der Waals surface area contributed by atoms with Crippen LogP contribution in [0.5, 0.6) is 0 Å². The molecule has 7 nitrogen and oxygen atoms in total. The van der Waals surface area contributed by atoms with Crippen LogP contribution in [-0.2, 0) is 4.79 Å². The van der Waals surface area contributed by atoms with Crippen LogP contribution in [0.15, 0.2) is 60.7 Å². The quantitative estimate of drug-likeness (QED) is 0.620. The number of aromatic nitrogens is 3. The number of amides is 2. The highest BCUT2D eigenvalue weighted by molar-refractivity contribution is 5.91. The smallest absolute Gasteiger partial charge is 0.291 e. The SMILES string of the molecule is O=C(NCCNC(=O)C1CC1)c1nc(-c2ccccc2)n(-c2ccccc2)n1. The van der Waals surface area contributed by atoms with E-state index in [-0.39, 0.29) is 23.6 Å². The predicted molar refractivity (Wildman–Crippen MR) is 105 cm³/mol. The molecule has 0 aliphatic heterocycles. The van der Waals surface area contributed by atoms with Crippen LogP contribution >= 0.6 is 0 Å². The average molecular weight is 375 g/mol. The topological polar surface area (TPSA) is 88.9 Å². The van der Waals surface area contributed by atoms with E-state index in [4.69, 9.17) is 0 Å². The van der Waals surface area contributed by atoms with Gasteiger partial charge in [-0.3, -0.25) is 9.59 Å². The fourth-order valence-electron chi connectivity index (χ4n) is 2.86. The van der Waals surface area contributed by atoms with Crippen LogP contribution in [0.25, 0.3) is 17.1 Å². The number of hydrogen-bond donors (Lipinski definition) is 2. The number of carbonyl (C=O) groups is 2. The van der Waals surface area contributed by atoms with E-state index in [0.717, 1.165) is 24.1 Å². The van der Waals surface area contributed by atoms with Crippen molar-refractivity contribution < 1.29 is 9.59 Å². The van der Waals surface area contributed by atoms with Crippen LogP contribution in [0, 0.1) is 5.92 Å². The third-order valence-corrected chi connectivity index (χ3v) is 4.50. The zero-order valence-electron chi connectivity index (χ0n) is 15.3. The standard InChI is InChI=1S/C21H21N5O2/c27-20(16-11-12-16)22-13-14-23-21(28)18-24-19(15-7-3-1-4-8-15)26(25-18)17-9-5-2-6-10-17/h1-10,16H,11-14H2,(H,22,27)(H,23,28). The molecule has 0 atom stereocenters. The van der Waals surface area contributed by atoms with Crippen LogP contribution in [0.4, 0.5) is 0 Å². The lowest BCUT2D eigenvalue weighted by Crippen LogP contribution is -2.35. The van der Waals surface area contributed by atoms with Gasteiger partial charge in [0.05, 0.1) is 5.69 Å². The zero-order chi connectivity index (χ0) is 19.3. The Hall–Kier alpha value is -3.48. The molecular weight excluding hydrogens is 354 g/mol. The summed E-state index contributed by atoms with van der Waals surface area (Å²) in [6.45, 7) is 0.726. The molecule has 1 heterocycles. The van der Waals surface area contributed by atoms with Gasteiger partial charge in [0.1, 0.15) is 0 Å². The van der Waals surface area contributed by atoms with Gasteiger partial charge in [0, 0.05) is 24.6 Å². The summed E-state index contributed by atoms with van der Waals surface area (Å²) < 4.78 is 1.67. The Bertz CT molecular complexity index is 908. The summed E-state index contributed by atoms with van der Waals surface area (Å²) in [5, 5.41) is 10.0. The van der Waals surface area contributed by atoms with Gasteiger partial charge in [0.15, 0.2) is 5.82 Å². The maximum absolute atomic E-state index is 12.5. The molecule has 1 aromatic heterocycles. The molecule has 0 spiro atoms. The second-order valence-corrected chi connectivity index (χ2v) is 6.69. The summed E-state index contributed by atoms with van der Waals surface area (Å²) in [5.74, 6) is 0.544. The lowest BCUT2D eigenvalue weighted by molar-refractivity contribution is -0.122. The lowest BCUT2D eigenvalue weighted by atomic mass is 10.2. The van der Waals surface area contributed by atoms with Crippen molar-refractivity contribution in [3.8, 4) is 17.1 Å². The molecule has 1 aliphatic rings. The monoisotopic (exact) mass is 375 g/mol. The molecule has 7 heteroatoms. The Morgan fingerprint density at radius 2 is 1.57 bits per heavy atom. The van der Waals surface area contributed by atoms with Gasteiger partial charge >= 0.3 is 0 Å². The molecule has 28 heavy (non-hydrogen) atoms. The normalized spacial score (nSPS) is 13.1. The van der Waals surface area contributed by atoms with Crippen LogP contribution < -0.4 is 10.6 Å². The molecule has 0 bridgehead atoms. The number of benzene rings is 2. The highest BCUT2D eigenvalue weighted by Gasteiger charge is 2.29. The van der Waals surface area contributed by atoms with Crippen molar-refractivity contribution in [1.29, 1.82) is 0 Å². The molecule has 0 radical (unpaired) electrons. The molecule has 2 N–H and O–H groups in total. The Morgan fingerprint density at radius 3 is 2.25 bits per heavy atom. The third-order valence-electron chi connectivity index (χ3n) is 4.50. The zero-order valence-corrected chi connectivity index (χ0v) is 15.3. The van der Waals surface area contributed by atoms with Crippen molar-refractivity contribution in [2.45, 2.75) is 12.8 Å². The number of hydrogen-bond acceptors (Lipinski definition) is 4. The predicted octanol–water partition coefficient (Wildman–Crippen LogP) is 2.19. The maximum atomic E-state index is 12.5. The Labute approximate surface area is 162 Å². The summed E-state index contributed by atoms with van der Waals surface area (Å²) in [4.78, 5) is 28.6. The minimum Gasteiger partial charge on any atom is -0.354 e. The van der Waals surface area contributed by atoms with Gasteiger partial charge in [-0.1, -0.05) is 48.5 Å². The van der Waals surface area contributed by atoms with E-state index in [1.807, 2.05) is 60.7 Å². The molecule has 4 rings (SSSR count). The fourth-order valence-corrected chi connectivity index (χ4v) is 2.86. The average Bonchev–Trinajstić information content (AvgIpc) is 3.50. The highest BCUT2D eigenvalue weighted by Crippen LogP contribution is 2.28. The first-order valence-electron chi connectivity index (χ1n) is 9.36. The van der Waals surface area contributed by atoms with Crippen molar-refractivity contribution in [2.75, 3.05) is 13.1 Å². The van der Waals surface area contributed by atoms with Gasteiger partial charge in [0.2, 0.25) is 11.7 Å². The first-order valence-corrected chi connectivity index (χ1v) is 9.36. The van der Waals surface area contributed by atoms with Crippen molar-refractivity contribution in [3.05, 3.63) is 66.5 Å². The van der Waals surface area contributed by atoms with Gasteiger partial charge in [-0.15, -0.1) is 5.10 Å². The molecule has 3 aromatic rings. The molecular formula is C21H21N5O2. The van der Waals surface area contributed by atoms with E-state index >= 15 is 0 Å². The van der Waals surface area contributed by atoms with Crippen LogP contribution in [0.3, 0.4) is 0 Å². The molecule has 1 aliphatic carbocycles. The van der Waals surface area contributed by atoms with Gasteiger partial charge in [-0.25, -0.2) is 9.67 Å². The fraction of sp³-hybridized carbons (Fsp3) is 0.238. The van der Waals surface area contributed by atoms with E-state index in [1.165, 1.54) is 0 Å². The van der Waals surface area contributed by atoms with Crippen molar-refractivity contribution in [2.24, 2.45) is 5.92 Å². The molecule has 2 amide bonds. The largest absolute Gasteiger partial charge is 0.354 e. The number of para-hydroxylation sites is 1. The second-order valence-electron chi connectivity index (χ2n) is 6.69. The van der Waals surface area contributed by atoms with Crippen LogP contribution in [0.1, 0.15) is 23.5 Å². The molecule has 1 fully saturated rings. The van der Waals surface area contributed by atoms with Crippen LogP contribution in [0.2, 0.25) is 0 Å². The minimum atomic E-state index is -0.368. The highest BCUT2D eigenvalue weighted by atomic mass is 16.2. The second kappa shape index (κ2) is 8.04.